The number of methoxy groups -OCH3 is 1. The van der Waals surface area contributed by atoms with Gasteiger partial charge < -0.3 is 9.84 Å². The van der Waals surface area contributed by atoms with Crippen LogP contribution in [-0.2, 0) is 0 Å². The van der Waals surface area contributed by atoms with Crippen molar-refractivity contribution in [1.82, 2.24) is 4.98 Å². The molecule has 0 amide bonds. The number of nitrogens with zero attached hydrogens (tertiary/aromatic N) is 2. The lowest BCUT2D eigenvalue weighted by Crippen LogP contribution is -1.87. The molecule has 1 aromatic heterocycles. The van der Waals surface area contributed by atoms with E-state index in [2.05, 4.69) is 27.0 Å². The summed E-state index contributed by atoms with van der Waals surface area (Å²) in [5.74, 6) is 0.313. The molecule has 0 bridgehead atoms. The van der Waals surface area contributed by atoms with Gasteiger partial charge >= 0.3 is 0 Å². The molecular weight excluding hydrogens is 471 g/mol. The third-order valence-electron chi connectivity index (χ3n) is 3.65. The summed E-state index contributed by atoms with van der Waals surface area (Å²) in [5.41, 5.74) is 2.61. The third-order valence-corrected chi connectivity index (χ3v) is 5.87. The normalized spacial score (nSPS) is 11.3. The maximum Gasteiger partial charge on any atom is 0.172 e. The second kappa shape index (κ2) is 8.32. The van der Waals surface area contributed by atoms with E-state index < -0.39 is 0 Å². The first-order valence-corrected chi connectivity index (χ1v) is 9.95. The van der Waals surface area contributed by atoms with Gasteiger partial charge in [0.1, 0.15) is 11.1 Å². The Labute approximate surface area is 178 Å². The lowest BCUT2D eigenvalue weighted by atomic mass is 10.1. The Kier molecular flexibility index (Phi) is 6.08. The van der Waals surface area contributed by atoms with Gasteiger partial charge in [-0.2, -0.15) is 5.26 Å². The number of aromatic hydroxyl groups is 1. The van der Waals surface area contributed by atoms with Gasteiger partial charge in [0.05, 0.1) is 32.9 Å². The van der Waals surface area contributed by atoms with Crippen LogP contribution >= 0.6 is 50.5 Å². The van der Waals surface area contributed by atoms with Crippen molar-refractivity contribution < 1.29 is 9.84 Å². The highest BCUT2D eigenvalue weighted by Crippen LogP contribution is 2.37. The molecule has 1 heterocycles. The summed E-state index contributed by atoms with van der Waals surface area (Å²) in [7, 11) is 1.46. The Morgan fingerprint density at radius 1 is 1.30 bits per heavy atom. The van der Waals surface area contributed by atoms with Gasteiger partial charge in [-0.15, -0.1) is 11.3 Å². The quantitative estimate of drug-likeness (QED) is 0.423. The Morgan fingerprint density at radius 3 is 2.74 bits per heavy atom. The van der Waals surface area contributed by atoms with Crippen LogP contribution in [0.5, 0.6) is 11.5 Å². The van der Waals surface area contributed by atoms with E-state index in [0.29, 0.717) is 42.1 Å². The van der Waals surface area contributed by atoms with Gasteiger partial charge in [0, 0.05) is 10.9 Å². The molecule has 0 radical (unpaired) electrons. The van der Waals surface area contributed by atoms with E-state index in [1.807, 2.05) is 11.4 Å². The highest BCUT2D eigenvalue weighted by molar-refractivity contribution is 9.10. The van der Waals surface area contributed by atoms with Gasteiger partial charge in [-0.1, -0.05) is 29.3 Å². The van der Waals surface area contributed by atoms with Crippen LogP contribution in [0.3, 0.4) is 0 Å². The number of nitriles is 1. The molecule has 0 spiro atoms. The Morgan fingerprint density at radius 2 is 2.07 bits per heavy atom. The number of aromatic nitrogens is 1. The molecule has 27 heavy (non-hydrogen) atoms. The molecule has 8 heteroatoms. The molecule has 4 nitrogen and oxygen atoms in total. The van der Waals surface area contributed by atoms with Gasteiger partial charge in [0.2, 0.25) is 0 Å². The van der Waals surface area contributed by atoms with Crippen LogP contribution in [0.1, 0.15) is 10.6 Å². The number of rotatable bonds is 4. The first kappa shape index (κ1) is 19.7. The van der Waals surface area contributed by atoms with Crippen LogP contribution in [-0.4, -0.2) is 17.2 Å². The minimum atomic E-state index is 0.00399. The summed E-state index contributed by atoms with van der Waals surface area (Å²) in [5, 5.41) is 22.8. The van der Waals surface area contributed by atoms with Crippen LogP contribution in [0.4, 0.5) is 0 Å². The third kappa shape index (κ3) is 4.28. The van der Waals surface area contributed by atoms with Crippen LogP contribution in [0.25, 0.3) is 22.9 Å². The SMILES string of the molecule is COc1cc(C=C(C#N)c2nc(-c3ccc(Cl)c(Cl)c3)cs2)cc(Br)c1O. The zero-order chi connectivity index (χ0) is 19.6. The van der Waals surface area contributed by atoms with E-state index in [4.69, 9.17) is 27.9 Å². The number of thiazole rings is 1. The summed E-state index contributed by atoms with van der Waals surface area (Å²) in [4.78, 5) is 4.53. The molecule has 3 rings (SSSR count). The highest BCUT2D eigenvalue weighted by atomic mass is 79.9. The van der Waals surface area contributed by atoms with E-state index in [-0.39, 0.29) is 5.75 Å². The van der Waals surface area contributed by atoms with Crippen molar-refractivity contribution in [3.05, 3.63) is 60.8 Å². The maximum absolute atomic E-state index is 9.91. The summed E-state index contributed by atoms with van der Waals surface area (Å²) >= 11 is 16.6. The van der Waals surface area contributed by atoms with Crippen LogP contribution in [0.2, 0.25) is 10.0 Å². The van der Waals surface area contributed by atoms with Crippen LogP contribution in [0, 0.1) is 11.3 Å². The first-order valence-electron chi connectivity index (χ1n) is 7.52. The minimum absolute atomic E-state index is 0.00399. The molecule has 0 saturated carbocycles. The van der Waals surface area contributed by atoms with E-state index >= 15 is 0 Å². The molecule has 0 aliphatic carbocycles. The number of hydrogen-bond donors (Lipinski definition) is 1. The fourth-order valence-electron chi connectivity index (χ4n) is 2.33. The molecular formula is C19H11BrCl2N2O2S. The van der Waals surface area contributed by atoms with Crippen molar-refractivity contribution >= 4 is 62.1 Å². The van der Waals surface area contributed by atoms with Crippen molar-refractivity contribution in [2.24, 2.45) is 0 Å². The number of benzene rings is 2. The zero-order valence-electron chi connectivity index (χ0n) is 13.8. The van der Waals surface area contributed by atoms with Crippen LogP contribution < -0.4 is 4.74 Å². The molecule has 2 aromatic carbocycles. The van der Waals surface area contributed by atoms with Crippen molar-refractivity contribution in [1.29, 1.82) is 5.26 Å². The number of phenols is 1. The minimum Gasteiger partial charge on any atom is -0.503 e. The molecule has 1 N–H and O–H groups in total. The van der Waals surface area contributed by atoms with Crippen molar-refractivity contribution in [3.8, 4) is 28.8 Å². The Hall–Kier alpha value is -2.04. The van der Waals surface area contributed by atoms with Gasteiger partial charge in [-0.05, 0) is 51.8 Å². The van der Waals surface area contributed by atoms with Gasteiger partial charge in [0.25, 0.3) is 0 Å². The van der Waals surface area contributed by atoms with Crippen molar-refractivity contribution in [2.45, 2.75) is 0 Å². The average molecular weight is 482 g/mol. The second-order valence-corrected chi connectivity index (χ2v) is 7.92. The number of phenolic OH excluding ortho intramolecular Hbond substituents is 1. The predicted octanol–water partition coefficient (Wildman–Crippen LogP) is 6.66. The summed E-state index contributed by atoms with van der Waals surface area (Å²) in [6.45, 7) is 0. The number of allylic oxidation sites excluding steroid dienone is 1. The predicted molar refractivity (Wildman–Crippen MR) is 113 cm³/mol. The lowest BCUT2D eigenvalue weighted by Gasteiger charge is -2.06. The lowest BCUT2D eigenvalue weighted by molar-refractivity contribution is 0.372. The highest BCUT2D eigenvalue weighted by Gasteiger charge is 2.12. The van der Waals surface area contributed by atoms with Crippen molar-refractivity contribution in [2.75, 3.05) is 7.11 Å². The Bertz CT molecular complexity index is 1090. The summed E-state index contributed by atoms with van der Waals surface area (Å²) in [6, 6.07) is 10.8. The number of halogens is 3. The van der Waals surface area contributed by atoms with Gasteiger partial charge in [-0.25, -0.2) is 4.98 Å². The van der Waals surface area contributed by atoms with Crippen LogP contribution in [0.15, 0.2) is 40.2 Å². The molecule has 0 aliphatic rings. The van der Waals surface area contributed by atoms with Crippen molar-refractivity contribution in [3.63, 3.8) is 0 Å². The number of ether oxygens (including phenoxy) is 1. The van der Waals surface area contributed by atoms with E-state index in [0.717, 1.165) is 5.56 Å². The molecule has 0 atom stereocenters. The zero-order valence-corrected chi connectivity index (χ0v) is 17.7. The van der Waals surface area contributed by atoms with E-state index in [1.165, 1.54) is 18.4 Å². The van der Waals surface area contributed by atoms with E-state index in [1.54, 1.807) is 30.3 Å². The molecule has 0 fully saturated rings. The fourth-order valence-corrected chi connectivity index (χ4v) is 3.88. The standard InChI is InChI=1S/C19H11BrCl2N2O2S/c1-26-17-6-10(5-13(20)18(17)25)4-12(8-23)19-24-16(9-27-19)11-2-3-14(21)15(22)7-11/h2-7,9,25H,1H3. The summed E-state index contributed by atoms with van der Waals surface area (Å²) in [6.07, 6.45) is 1.68. The van der Waals surface area contributed by atoms with E-state index in [9.17, 15) is 10.4 Å². The molecule has 136 valence electrons. The molecule has 0 saturated heterocycles. The topological polar surface area (TPSA) is 66.1 Å². The average Bonchev–Trinajstić information content (AvgIpc) is 3.14. The molecule has 3 aromatic rings. The largest absolute Gasteiger partial charge is 0.503 e. The molecule has 0 aliphatic heterocycles. The second-order valence-electron chi connectivity index (χ2n) is 5.39. The van der Waals surface area contributed by atoms with Gasteiger partial charge in [0.15, 0.2) is 11.5 Å². The maximum atomic E-state index is 9.91. The first-order chi connectivity index (χ1) is 12.9. The number of hydrogen-bond acceptors (Lipinski definition) is 5. The smallest absolute Gasteiger partial charge is 0.172 e. The molecule has 0 unspecified atom stereocenters. The van der Waals surface area contributed by atoms with Gasteiger partial charge in [-0.3, -0.25) is 0 Å². The monoisotopic (exact) mass is 480 g/mol. The fraction of sp³-hybridized carbons (Fsp3) is 0.0526. The Balaban J connectivity index is 1.99. The summed E-state index contributed by atoms with van der Waals surface area (Å²) < 4.78 is 5.61.